The predicted octanol–water partition coefficient (Wildman–Crippen LogP) is 3.03. The number of carbonyl (C=O) groups is 1. The molecule has 1 N–H and O–H groups in total. The molecular formula is C16H15ClFN3O3S2. The number of fused-ring (bicyclic) bond motifs is 1. The summed E-state index contributed by atoms with van der Waals surface area (Å²) in [5.74, 6) is -0.609. The lowest BCUT2D eigenvalue weighted by Crippen LogP contribution is -2.35. The number of halogens is 2. The third kappa shape index (κ3) is 3.36. The van der Waals surface area contributed by atoms with Gasteiger partial charge in [0, 0.05) is 23.8 Å². The average Bonchev–Trinajstić information content (AvgIpc) is 3.37. The Morgan fingerprint density at radius 1 is 1.38 bits per heavy atom. The van der Waals surface area contributed by atoms with E-state index in [2.05, 4.69) is 10.3 Å². The number of aromatic nitrogens is 1. The summed E-state index contributed by atoms with van der Waals surface area (Å²) in [4.78, 5) is 17.0. The van der Waals surface area contributed by atoms with Gasteiger partial charge in [0.15, 0.2) is 5.13 Å². The van der Waals surface area contributed by atoms with Crippen molar-refractivity contribution in [1.29, 1.82) is 0 Å². The van der Waals surface area contributed by atoms with Crippen molar-refractivity contribution >= 4 is 44.0 Å². The Bertz CT molecular complexity index is 989. The molecule has 0 spiro atoms. The number of amides is 1. The number of hydrogen-bond acceptors (Lipinski definition) is 5. The van der Waals surface area contributed by atoms with Gasteiger partial charge in [0.1, 0.15) is 5.82 Å². The Kier molecular flexibility index (Phi) is 4.50. The van der Waals surface area contributed by atoms with Crippen LogP contribution in [0.1, 0.15) is 23.4 Å². The molecule has 1 amide bonds. The smallest absolute Gasteiger partial charge is 0.243 e. The molecule has 2 aromatic rings. The largest absolute Gasteiger partial charge is 0.302 e. The summed E-state index contributed by atoms with van der Waals surface area (Å²) in [7, 11) is -3.79. The van der Waals surface area contributed by atoms with E-state index in [9.17, 15) is 17.6 Å². The standard InChI is InChI=1S/C16H15ClFN3O3S2/c17-11-7-10(3-4-12(11)18)26(23,24)21-6-5-13-14(8-21)25-16(19-13)20-15(22)9-1-2-9/h3-4,7,9H,1-2,5-6,8H2,(H,19,20,22). The van der Waals surface area contributed by atoms with Gasteiger partial charge in [-0.25, -0.2) is 17.8 Å². The molecule has 0 radical (unpaired) electrons. The zero-order chi connectivity index (χ0) is 18.5. The minimum absolute atomic E-state index is 0.0264. The van der Waals surface area contributed by atoms with E-state index in [1.807, 2.05) is 0 Å². The average molecular weight is 416 g/mol. The van der Waals surface area contributed by atoms with Crippen LogP contribution in [0.15, 0.2) is 23.1 Å². The van der Waals surface area contributed by atoms with Crippen LogP contribution in [0.5, 0.6) is 0 Å². The van der Waals surface area contributed by atoms with Crippen LogP contribution in [0.4, 0.5) is 9.52 Å². The highest BCUT2D eigenvalue weighted by Gasteiger charge is 2.33. The lowest BCUT2D eigenvalue weighted by molar-refractivity contribution is -0.117. The van der Waals surface area contributed by atoms with Gasteiger partial charge in [0.2, 0.25) is 15.9 Å². The van der Waals surface area contributed by atoms with Crippen molar-refractivity contribution < 1.29 is 17.6 Å². The molecule has 0 atom stereocenters. The normalized spacial score (nSPS) is 17.8. The summed E-state index contributed by atoms with van der Waals surface area (Å²) in [5.41, 5.74) is 0.810. The number of nitrogens with zero attached hydrogens (tertiary/aromatic N) is 2. The first-order chi connectivity index (χ1) is 12.3. The van der Waals surface area contributed by atoms with Gasteiger partial charge >= 0.3 is 0 Å². The zero-order valence-electron chi connectivity index (χ0n) is 13.5. The van der Waals surface area contributed by atoms with Crippen LogP contribution in [-0.4, -0.2) is 30.2 Å². The third-order valence-corrected chi connectivity index (χ3v) is 7.53. The molecule has 0 bridgehead atoms. The number of sulfonamides is 1. The Balaban J connectivity index is 1.54. The van der Waals surface area contributed by atoms with E-state index in [1.54, 1.807) is 0 Å². The van der Waals surface area contributed by atoms with Crippen molar-refractivity contribution in [3.63, 3.8) is 0 Å². The number of hydrogen-bond donors (Lipinski definition) is 1. The van der Waals surface area contributed by atoms with Crippen molar-refractivity contribution in [2.45, 2.75) is 30.7 Å². The van der Waals surface area contributed by atoms with Crippen molar-refractivity contribution in [1.82, 2.24) is 9.29 Å². The highest BCUT2D eigenvalue weighted by molar-refractivity contribution is 7.89. The maximum absolute atomic E-state index is 13.3. The van der Waals surface area contributed by atoms with Gasteiger partial charge in [-0.2, -0.15) is 4.31 Å². The fourth-order valence-electron chi connectivity index (χ4n) is 2.77. The van der Waals surface area contributed by atoms with Gasteiger partial charge in [-0.3, -0.25) is 4.79 Å². The Labute approximate surface area is 159 Å². The molecule has 1 aliphatic heterocycles. The van der Waals surface area contributed by atoms with E-state index < -0.39 is 15.8 Å². The molecule has 1 aromatic heterocycles. The first-order valence-corrected chi connectivity index (χ1v) is 10.7. The molecular weight excluding hydrogens is 401 g/mol. The molecule has 1 aromatic carbocycles. The number of thiazole rings is 1. The highest BCUT2D eigenvalue weighted by atomic mass is 35.5. The summed E-state index contributed by atoms with van der Waals surface area (Å²) in [6.07, 6.45) is 2.27. The van der Waals surface area contributed by atoms with Crippen molar-refractivity contribution in [2.24, 2.45) is 5.92 Å². The molecule has 1 saturated carbocycles. The summed E-state index contributed by atoms with van der Waals surface area (Å²) in [5, 5.41) is 3.08. The fourth-order valence-corrected chi connectivity index (χ4v) is 5.56. The number of carbonyl (C=O) groups excluding carboxylic acids is 1. The first-order valence-electron chi connectivity index (χ1n) is 8.09. The zero-order valence-corrected chi connectivity index (χ0v) is 15.9. The number of nitrogens with one attached hydrogen (secondary N) is 1. The molecule has 4 rings (SSSR count). The van der Waals surface area contributed by atoms with Crippen molar-refractivity contribution in [3.8, 4) is 0 Å². The maximum Gasteiger partial charge on any atom is 0.243 e. The Morgan fingerprint density at radius 2 is 2.15 bits per heavy atom. The van der Waals surface area contributed by atoms with E-state index in [0.29, 0.717) is 11.6 Å². The van der Waals surface area contributed by atoms with E-state index in [-0.39, 0.29) is 34.8 Å². The quantitative estimate of drug-likeness (QED) is 0.832. The summed E-state index contributed by atoms with van der Waals surface area (Å²) in [6.45, 7) is 0.438. The second-order valence-electron chi connectivity index (χ2n) is 6.32. The van der Waals surface area contributed by atoms with Gasteiger partial charge in [0.05, 0.1) is 22.2 Å². The fraction of sp³-hybridized carbons (Fsp3) is 0.375. The maximum atomic E-state index is 13.3. The molecule has 1 fully saturated rings. The molecule has 0 unspecified atom stereocenters. The Morgan fingerprint density at radius 3 is 2.85 bits per heavy atom. The van der Waals surface area contributed by atoms with Gasteiger partial charge in [0.25, 0.3) is 0 Å². The molecule has 0 saturated heterocycles. The molecule has 6 nitrogen and oxygen atoms in total. The second kappa shape index (κ2) is 6.56. The van der Waals surface area contributed by atoms with E-state index in [1.165, 1.54) is 21.7 Å². The minimum atomic E-state index is -3.79. The van der Waals surface area contributed by atoms with E-state index >= 15 is 0 Å². The van der Waals surface area contributed by atoms with Crippen LogP contribution in [0.25, 0.3) is 0 Å². The lowest BCUT2D eigenvalue weighted by atomic mass is 10.2. The topological polar surface area (TPSA) is 79.4 Å². The summed E-state index contributed by atoms with van der Waals surface area (Å²) < 4.78 is 40.2. The van der Waals surface area contributed by atoms with Crippen LogP contribution >= 0.6 is 22.9 Å². The monoisotopic (exact) mass is 415 g/mol. The minimum Gasteiger partial charge on any atom is -0.302 e. The third-order valence-electron chi connectivity index (χ3n) is 4.40. The van der Waals surface area contributed by atoms with Crippen LogP contribution in [0.2, 0.25) is 5.02 Å². The van der Waals surface area contributed by atoms with E-state index in [4.69, 9.17) is 11.6 Å². The molecule has 1 aliphatic carbocycles. The summed E-state index contributed by atoms with van der Waals surface area (Å²) >= 11 is 7.01. The van der Waals surface area contributed by atoms with Gasteiger partial charge in [-0.1, -0.05) is 11.6 Å². The molecule has 138 valence electrons. The first kappa shape index (κ1) is 17.8. The SMILES string of the molecule is O=C(Nc1nc2c(s1)CN(S(=O)(=O)c1ccc(F)c(Cl)c1)CC2)C1CC1. The van der Waals surface area contributed by atoms with Crippen molar-refractivity contribution in [3.05, 3.63) is 39.6 Å². The van der Waals surface area contributed by atoms with Gasteiger partial charge in [-0.15, -0.1) is 11.3 Å². The van der Waals surface area contributed by atoms with Crippen LogP contribution in [-0.2, 0) is 27.8 Å². The number of benzene rings is 1. The highest BCUT2D eigenvalue weighted by Crippen LogP contribution is 2.34. The lowest BCUT2D eigenvalue weighted by Gasteiger charge is -2.25. The summed E-state index contributed by atoms with van der Waals surface area (Å²) in [6, 6.07) is 3.37. The predicted molar refractivity (Wildman–Crippen MR) is 96.2 cm³/mol. The number of rotatable bonds is 4. The van der Waals surface area contributed by atoms with Crippen LogP contribution in [0, 0.1) is 11.7 Å². The molecule has 26 heavy (non-hydrogen) atoms. The Hall–Kier alpha value is -1.55. The van der Waals surface area contributed by atoms with Crippen molar-refractivity contribution in [2.75, 3.05) is 11.9 Å². The van der Waals surface area contributed by atoms with E-state index in [0.717, 1.165) is 35.5 Å². The van der Waals surface area contributed by atoms with Crippen LogP contribution < -0.4 is 5.32 Å². The van der Waals surface area contributed by atoms with Crippen LogP contribution in [0.3, 0.4) is 0 Å². The second-order valence-corrected chi connectivity index (χ2v) is 9.75. The molecule has 2 heterocycles. The molecule has 2 aliphatic rings. The molecule has 10 heteroatoms. The van der Waals surface area contributed by atoms with Gasteiger partial charge < -0.3 is 5.32 Å². The van der Waals surface area contributed by atoms with Gasteiger partial charge in [-0.05, 0) is 31.0 Å². The number of anilines is 1.